The smallest absolute Gasteiger partial charge is 0.334 e. The summed E-state index contributed by atoms with van der Waals surface area (Å²) < 4.78 is 2.92. The molecule has 2 aromatic heterocycles. The highest BCUT2D eigenvalue weighted by molar-refractivity contribution is 7.17. The first-order valence-corrected chi connectivity index (χ1v) is 9.28. The van der Waals surface area contributed by atoms with Crippen LogP contribution in [0.2, 0.25) is 0 Å². The fourth-order valence-corrected chi connectivity index (χ4v) is 4.10. The van der Waals surface area contributed by atoms with Gasteiger partial charge in [-0.15, -0.1) is 11.3 Å². The van der Waals surface area contributed by atoms with E-state index in [0.717, 1.165) is 29.6 Å². The van der Waals surface area contributed by atoms with Crippen LogP contribution in [0, 0.1) is 5.92 Å². The van der Waals surface area contributed by atoms with Gasteiger partial charge in [0, 0.05) is 6.54 Å². The summed E-state index contributed by atoms with van der Waals surface area (Å²) in [6, 6.07) is 10.2. The van der Waals surface area contributed by atoms with E-state index in [-0.39, 0.29) is 11.1 Å². The Morgan fingerprint density at radius 1 is 1.12 bits per heavy atom. The number of hydroxylamine groups is 2. The fourth-order valence-electron chi connectivity index (χ4n) is 3.28. The minimum Gasteiger partial charge on any atom is -0.334 e. The highest BCUT2D eigenvalue weighted by atomic mass is 32.1. The van der Waals surface area contributed by atoms with Gasteiger partial charge in [0.25, 0.3) is 11.8 Å². The van der Waals surface area contributed by atoms with Crippen LogP contribution in [0.3, 0.4) is 0 Å². The van der Waals surface area contributed by atoms with Crippen LogP contribution in [0.4, 0.5) is 0 Å². The van der Waals surface area contributed by atoms with E-state index in [2.05, 4.69) is 0 Å². The molecule has 1 aliphatic heterocycles. The van der Waals surface area contributed by atoms with E-state index in [0.29, 0.717) is 16.7 Å². The summed E-state index contributed by atoms with van der Waals surface area (Å²) in [4.78, 5) is 42.8. The monoisotopic (exact) mass is 366 g/mol. The number of benzene rings is 1. The minimum absolute atomic E-state index is 0.250. The highest BCUT2D eigenvalue weighted by Crippen LogP contribution is 2.35. The van der Waals surface area contributed by atoms with Crippen LogP contribution in [0.5, 0.6) is 0 Å². The summed E-state index contributed by atoms with van der Waals surface area (Å²) in [5.41, 5.74) is 1.85. The van der Waals surface area contributed by atoms with Crippen LogP contribution in [-0.2, 0) is 11.4 Å². The molecule has 1 saturated carbocycles. The number of amides is 2. The van der Waals surface area contributed by atoms with Gasteiger partial charge in [0.2, 0.25) is 0 Å². The van der Waals surface area contributed by atoms with Crippen molar-refractivity contribution < 1.29 is 19.2 Å². The van der Waals surface area contributed by atoms with E-state index >= 15 is 0 Å². The molecule has 1 aromatic carbocycles. The second-order valence-electron chi connectivity index (χ2n) is 6.58. The third-order valence-corrected chi connectivity index (χ3v) is 5.65. The number of aromatic nitrogens is 1. The normalized spacial score (nSPS) is 16.4. The zero-order chi connectivity index (χ0) is 17.8. The minimum atomic E-state index is -0.691. The van der Waals surface area contributed by atoms with E-state index in [4.69, 9.17) is 4.84 Å². The Labute approximate surface area is 152 Å². The molecule has 0 bridgehead atoms. The number of rotatable bonds is 4. The van der Waals surface area contributed by atoms with E-state index in [9.17, 15) is 14.4 Å². The van der Waals surface area contributed by atoms with E-state index < -0.39 is 17.8 Å². The quantitative estimate of drug-likeness (QED) is 0.663. The average Bonchev–Trinajstić information content (AvgIpc) is 3.16. The number of fused-ring (bicyclic) bond motifs is 2. The lowest BCUT2D eigenvalue weighted by atomic mass is 10.1. The van der Waals surface area contributed by atoms with Gasteiger partial charge in [-0.3, -0.25) is 9.59 Å². The van der Waals surface area contributed by atoms with Crippen LogP contribution < -0.4 is 0 Å². The van der Waals surface area contributed by atoms with Gasteiger partial charge < -0.3 is 9.40 Å². The maximum atomic E-state index is 12.7. The molecule has 0 atom stereocenters. The number of hydrogen-bond donors (Lipinski definition) is 0. The molecule has 0 N–H and O–H groups in total. The first-order chi connectivity index (χ1) is 12.6. The Balaban J connectivity index is 1.46. The molecule has 6 nitrogen and oxygen atoms in total. The van der Waals surface area contributed by atoms with Crippen LogP contribution in [0.25, 0.3) is 10.2 Å². The van der Waals surface area contributed by atoms with Gasteiger partial charge in [-0.2, -0.15) is 0 Å². The van der Waals surface area contributed by atoms with Crippen LogP contribution in [0.1, 0.15) is 44.0 Å². The van der Waals surface area contributed by atoms with Crippen molar-refractivity contribution in [3.63, 3.8) is 0 Å². The molecule has 1 aliphatic carbocycles. The second kappa shape index (κ2) is 5.54. The Bertz CT molecular complexity index is 1040. The summed E-state index contributed by atoms with van der Waals surface area (Å²) in [7, 11) is 0. The van der Waals surface area contributed by atoms with Crippen molar-refractivity contribution in [1.29, 1.82) is 0 Å². The first kappa shape index (κ1) is 15.3. The van der Waals surface area contributed by atoms with Crippen molar-refractivity contribution in [3.8, 4) is 0 Å². The molecule has 1 fully saturated rings. The molecule has 5 rings (SSSR count). The third-order valence-electron chi connectivity index (χ3n) is 4.80. The Hall–Kier alpha value is -2.93. The number of carbonyl (C=O) groups is 3. The molecule has 130 valence electrons. The summed E-state index contributed by atoms with van der Waals surface area (Å²) in [6.45, 7) is 0.743. The van der Waals surface area contributed by atoms with E-state index in [1.54, 1.807) is 41.7 Å². The maximum absolute atomic E-state index is 12.7. The molecule has 0 spiro atoms. The van der Waals surface area contributed by atoms with Gasteiger partial charge in [0.05, 0.1) is 21.3 Å². The van der Waals surface area contributed by atoms with E-state index in [1.165, 1.54) is 0 Å². The molecule has 2 aliphatic rings. The van der Waals surface area contributed by atoms with Crippen LogP contribution in [0.15, 0.2) is 41.8 Å². The van der Waals surface area contributed by atoms with Crippen molar-refractivity contribution in [2.24, 2.45) is 5.92 Å². The first-order valence-electron chi connectivity index (χ1n) is 8.40. The molecule has 0 radical (unpaired) electrons. The average molecular weight is 366 g/mol. The summed E-state index contributed by atoms with van der Waals surface area (Å²) in [5.74, 6) is -1.35. The highest BCUT2D eigenvalue weighted by Gasteiger charge is 2.39. The van der Waals surface area contributed by atoms with Crippen molar-refractivity contribution in [2.75, 3.05) is 0 Å². The molecule has 0 saturated heterocycles. The summed E-state index contributed by atoms with van der Waals surface area (Å²) in [6.07, 6.45) is 2.30. The molecule has 0 unspecified atom stereocenters. The molecule has 2 amide bonds. The molecule has 26 heavy (non-hydrogen) atoms. The number of carbonyl (C=O) groups excluding carboxylic acids is 3. The van der Waals surface area contributed by atoms with Crippen molar-refractivity contribution in [3.05, 3.63) is 58.6 Å². The lowest BCUT2D eigenvalue weighted by molar-refractivity contribution is -0.0591. The molecule has 3 aromatic rings. The van der Waals surface area contributed by atoms with Crippen molar-refractivity contribution in [2.45, 2.75) is 19.4 Å². The zero-order valence-corrected chi connectivity index (χ0v) is 14.5. The lowest BCUT2D eigenvalue weighted by Crippen LogP contribution is -2.33. The van der Waals surface area contributed by atoms with Gasteiger partial charge in [0.1, 0.15) is 5.69 Å². The number of nitrogens with zero attached hydrogens (tertiary/aromatic N) is 2. The Morgan fingerprint density at radius 2 is 1.81 bits per heavy atom. The maximum Gasteiger partial charge on any atom is 0.380 e. The molecule has 3 heterocycles. The second-order valence-corrected chi connectivity index (χ2v) is 7.53. The fraction of sp³-hybridized carbons (Fsp3) is 0.211. The van der Waals surface area contributed by atoms with Gasteiger partial charge in [-0.25, -0.2) is 4.79 Å². The predicted octanol–water partition coefficient (Wildman–Crippen LogP) is 3.48. The van der Waals surface area contributed by atoms with Gasteiger partial charge >= 0.3 is 5.97 Å². The summed E-state index contributed by atoms with van der Waals surface area (Å²) >= 11 is 1.54. The Kier molecular flexibility index (Phi) is 3.27. The number of thiophene rings is 1. The number of hydrogen-bond acceptors (Lipinski definition) is 5. The standard InChI is InChI=1S/C19H14N2O4S/c22-17-12-3-1-2-4-13(12)18(23)21(17)25-19(24)15-9-16-14(7-8-26-16)20(15)10-11-5-6-11/h1-4,7-9,11H,5-6,10H2. The predicted molar refractivity (Wildman–Crippen MR) is 94.9 cm³/mol. The van der Waals surface area contributed by atoms with Crippen molar-refractivity contribution >= 4 is 39.3 Å². The van der Waals surface area contributed by atoms with Crippen LogP contribution in [-0.4, -0.2) is 27.4 Å². The molecule has 7 heteroatoms. The number of imide groups is 1. The van der Waals surface area contributed by atoms with E-state index in [1.807, 2.05) is 16.0 Å². The molecular formula is C19H14N2O4S. The van der Waals surface area contributed by atoms with Gasteiger partial charge in [-0.05, 0) is 48.4 Å². The van der Waals surface area contributed by atoms with Gasteiger partial charge in [-0.1, -0.05) is 17.2 Å². The third kappa shape index (κ3) is 2.28. The van der Waals surface area contributed by atoms with Gasteiger partial charge in [0.15, 0.2) is 0 Å². The Morgan fingerprint density at radius 3 is 2.46 bits per heavy atom. The topological polar surface area (TPSA) is 68.6 Å². The SMILES string of the molecule is O=C(ON1C(=O)c2ccccc2C1=O)c1cc2sccc2n1CC1CC1. The largest absolute Gasteiger partial charge is 0.380 e. The lowest BCUT2D eigenvalue weighted by Gasteiger charge is -2.14. The van der Waals surface area contributed by atoms with Crippen LogP contribution >= 0.6 is 11.3 Å². The zero-order valence-electron chi connectivity index (χ0n) is 13.7. The summed E-state index contributed by atoms with van der Waals surface area (Å²) in [5, 5.41) is 2.54. The molecular weight excluding hydrogens is 352 g/mol. The van der Waals surface area contributed by atoms with Crippen molar-refractivity contribution in [1.82, 2.24) is 9.63 Å².